The molecule has 0 radical (unpaired) electrons. The number of aromatic amines is 1. The topological polar surface area (TPSA) is 169 Å². The average molecular weight is 510 g/mol. The first kappa shape index (κ1) is 27.8. The smallest absolute Gasteiger partial charge is 0.330 e. The molecule has 1 aliphatic heterocycles. The standard InChI is InChI=1S/C19H32N3O9PS/c1-6-9-33-32(28,21-12(4)16(25)30-11(2)3)29-10-13-15(24)19(5,27)17(31-13)22-8-7-14(23)20-18(22)26/h7-8,11-13,15,17,24,27H,6,9-10H2,1-5H3,(H,21,28)(H,20,23,26)/t12-,13+,15+,17+,19+,32-/m0/s1. The van der Waals surface area contributed by atoms with Gasteiger partial charge in [-0.25, -0.2) is 9.88 Å². The molecule has 1 aromatic rings. The van der Waals surface area contributed by atoms with Gasteiger partial charge in [0.05, 0.1) is 12.7 Å². The highest BCUT2D eigenvalue weighted by Gasteiger charge is 2.54. The van der Waals surface area contributed by atoms with Gasteiger partial charge in [0.1, 0.15) is 23.9 Å². The fourth-order valence-corrected chi connectivity index (χ4v) is 7.05. The van der Waals surface area contributed by atoms with E-state index in [4.69, 9.17) is 14.0 Å². The molecule has 1 aliphatic rings. The Balaban J connectivity index is 2.16. The summed E-state index contributed by atoms with van der Waals surface area (Å²) in [4.78, 5) is 37.6. The normalized spacial score (nSPS) is 27.9. The predicted octanol–water partition coefficient (Wildman–Crippen LogP) is 0.744. The summed E-state index contributed by atoms with van der Waals surface area (Å²) < 4.78 is 30.7. The van der Waals surface area contributed by atoms with Gasteiger partial charge in [0, 0.05) is 18.0 Å². The van der Waals surface area contributed by atoms with Crippen molar-refractivity contribution in [1.29, 1.82) is 0 Å². The number of aromatic nitrogens is 2. The maximum atomic E-state index is 13.4. The highest BCUT2D eigenvalue weighted by atomic mass is 32.7. The summed E-state index contributed by atoms with van der Waals surface area (Å²) in [6, 6.07) is 0.154. The molecule has 0 bridgehead atoms. The Bertz CT molecular complexity index is 980. The van der Waals surface area contributed by atoms with E-state index >= 15 is 0 Å². The average Bonchev–Trinajstić information content (AvgIpc) is 2.94. The van der Waals surface area contributed by atoms with E-state index in [1.54, 1.807) is 13.8 Å². The molecular formula is C19H32N3O9PS. The van der Waals surface area contributed by atoms with E-state index in [9.17, 15) is 29.2 Å². The number of carbonyl (C=O) groups excluding carboxylic acids is 1. The fraction of sp³-hybridized carbons (Fsp3) is 0.737. The molecule has 0 spiro atoms. The molecule has 0 aliphatic carbocycles. The third-order valence-electron chi connectivity index (χ3n) is 4.79. The lowest BCUT2D eigenvalue weighted by molar-refractivity contribution is -0.149. The van der Waals surface area contributed by atoms with Gasteiger partial charge in [-0.1, -0.05) is 18.3 Å². The highest BCUT2D eigenvalue weighted by molar-refractivity contribution is 8.56. The van der Waals surface area contributed by atoms with Gasteiger partial charge < -0.3 is 24.2 Å². The van der Waals surface area contributed by atoms with Crippen LogP contribution >= 0.6 is 18.1 Å². The van der Waals surface area contributed by atoms with Gasteiger partial charge in [-0.3, -0.25) is 23.7 Å². The predicted molar refractivity (Wildman–Crippen MR) is 122 cm³/mol. The second kappa shape index (κ2) is 11.3. The van der Waals surface area contributed by atoms with Gasteiger partial charge >= 0.3 is 18.4 Å². The van der Waals surface area contributed by atoms with E-state index in [0.29, 0.717) is 12.2 Å². The molecule has 4 N–H and O–H groups in total. The number of rotatable bonds is 11. The Kier molecular flexibility index (Phi) is 9.51. The molecule has 14 heteroatoms. The van der Waals surface area contributed by atoms with Crippen molar-refractivity contribution in [2.24, 2.45) is 0 Å². The number of nitrogens with one attached hydrogen (secondary N) is 2. The highest BCUT2D eigenvalue weighted by Crippen LogP contribution is 2.57. The van der Waals surface area contributed by atoms with Crippen molar-refractivity contribution in [1.82, 2.24) is 14.6 Å². The van der Waals surface area contributed by atoms with Crippen LogP contribution < -0.4 is 16.3 Å². The quantitative estimate of drug-likeness (QED) is 0.245. The number of hydrogen-bond donors (Lipinski definition) is 4. The van der Waals surface area contributed by atoms with Crippen molar-refractivity contribution in [2.45, 2.75) is 77.2 Å². The molecule has 0 amide bonds. The van der Waals surface area contributed by atoms with Crippen LogP contribution in [-0.4, -0.2) is 68.0 Å². The van der Waals surface area contributed by atoms with Crippen LogP contribution in [0.1, 0.15) is 47.3 Å². The van der Waals surface area contributed by atoms with Crippen LogP contribution in [0.15, 0.2) is 21.9 Å². The van der Waals surface area contributed by atoms with Gasteiger partial charge in [-0.2, -0.15) is 0 Å². The second-order valence-electron chi connectivity index (χ2n) is 8.18. The van der Waals surface area contributed by atoms with Crippen LogP contribution in [-0.2, 0) is 23.4 Å². The van der Waals surface area contributed by atoms with Crippen LogP contribution in [0.2, 0.25) is 0 Å². The fourth-order valence-electron chi connectivity index (χ4n) is 3.11. The minimum absolute atomic E-state index is 0.345. The minimum Gasteiger partial charge on any atom is -0.462 e. The first-order valence-corrected chi connectivity index (χ1v) is 13.8. The van der Waals surface area contributed by atoms with E-state index in [-0.39, 0.29) is 6.10 Å². The Morgan fingerprint density at radius 1 is 1.42 bits per heavy atom. The maximum Gasteiger partial charge on any atom is 0.330 e. The Morgan fingerprint density at radius 2 is 2.09 bits per heavy atom. The summed E-state index contributed by atoms with van der Waals surface area (Å²) in [5, 5.41) is 24.1. The molecule has 0 aromatic carbocycles. The summed E-state index contributed by atoms with van der Waals surface area (Å²) in [6.45, 7) is 4.01. The van der Waals surface area contributed by atoms with Crippen molar-refractivity contribution in [2.75, 3.05) is 12.4 Å². The minimum atomic E-state index is -3.64. The number of esters is 1. The number of carbonyl (C=O) groups is 1. The van der Waals surface area contributed by atoms with E-state index in [1.807, 2.05) is 6.92 Å². The molecule has 2 rings (SSSR count). The van der Waals surface area contributed by atoms with Crippen LogP contribution in [0.5, 0.6) is 0 Å². The molecule has 33 heavy (non-hydrogen) atoms. The Labute approximate surface area is 195 Å². The van der Waals surface area contributed by atoms with Crippen molar-refractivity contribution >= 4 is 24.1 Å². The van der Waals surface area contributed by atoms with Crippen LogP contribution in [0.4, 0.5) is 0 Å². The van der Waals surface area contributed by atoms with Gasteiger partial charge in [0.2, 0.25) is 0 Å². The van der Waals surface area contributed by atoms with Crippen molar-refractivity contribution in [3.63, 3.8) is 0 Å². The zero-order valence-electron chi connectivity index (χ0n) is 19.2. The van der Waals surface area contributed by atoms with Crippen LogP contribution in [0.3, 0.4) is 0 Å². The van der Waals surface area contributed by atoms with Gasteiger partial charge in [-0.05, 0) is 34.1 Å². The maximum absolute atomic E-state index is 13.4. The SMILES string of the molecule is CCCS[P@](=O)(N[C@@H](C)C(=O)OC(C)C)OC[C@H]1O[C@@H](n2ccc(=O)[nH]c2=O)[C@](C)(O)[C@@H]1O. The van der Waals surface area contributed by atoms with Crippen molar-refractivity contribution in [3.05, 3.63) is 33.1 Å². The monoisotopic (exact) mass is 509 g/mol. The molecule has 0 saturated carbocycles. The molecule has 1 aromatic heterocycles. The molecular weight excluding hydrogens is 477 g/mol. The molecule has 1 fully saturated rings. The zero-order chi connectivity index (χ0) is 25.0. The summed E-state index contributed by atoms with van der Waals surface area (Å²) >= 11 is 0.994. The third-order valence-corrected chi connectivity index (χ3v) is 9.11. The van der Waals surface area contributed by atoms with E-state index < -0.39 is 60.6 Å². The summed E-state index contributed by atoms with van der Waals surface area (Å²) in [7, 11) is 0. The molecule has 188 valence electrons. The second-order valence-corrected chi connectivity index (χ2v) is 12.6. The number of aliphatic hydroxyl groups excluding tert-OH is 1. The van der Waals surface area contributed by atoms with Crippen LogP contribution in [0, 0.1) is 0 Å². The Hall–Kier alpha value is -1.47. The van der Waals surface area contributed by atoms with Crippen LogP contribution in [0.25, 0.3) is 0 Å². The summed E-state index contributed by atoms with van der Waals surface area (Å²) in [5.41, 5.74) is -3.37. The first-order valence-electron chi connectivity index (χ1n) is 10.6. The summed E-state index contributed by atoms with van der Waals surface area (Å²) in [6.07, 6.45) is -2.50. The summed E-state index contributed by atoms with van der Waals surface area (Å²) in [5.74, 6) is -0.124. The third kappa shape index (κ3) is 7.01. The van der Waals surface area contributed by atoms with E-state index in [2.05, 4.69) is 10.1 Å². The number of nitrogens with zero attached hydrogens (tertiary/aromatic N) is 1. The lowest BCUT2D eigenvalue weighted by Gasteiger charge is -2.27. The van der Waals surface area contributed by atoms with Gasteiger partial charge in [0.25, 0.3) is 5.56 Å². The molecule has 1 saturated heterocycles. The van der Waals surface area contributed by atoms with E-state index in [0.717, 1.165) is 28.2 Å². The molecule has 6 atom stereocenters. The van der Waals surface area contributed by atoms with Crippen molar-refractivity contribution in [3.8, 4) is 0 Å². The largest absolute Gasteiger partial charge is 0.462 e. The van der Waals surface area contributed by atoms with Gasteiger partial charge in [0.15, 0.2) is 6.23 Å². The molecule has 0 unspecified atom stereocenters. The van der Waals surface area contributed by atoms with E-state index in [1.165, 1.54) is 13.8 Å². The number of ether oxygens (including phenoxy) is 2. The number of aliphatic hydroxyl groups is 2. The zero-order valence-corrected chi connectivity index (χ0v) is 20.9. The molecule has 2 heterocycles. The number of hydrogen-bond acceptors (Lipinski definition) is 10. The first-order chi connectivity index (χ1) is 15.3. The lowest BCUT2D eigenvalue weighted by Crippen LogP contribution is -2.46. The lowest BCUT2D eigenvalue weighted by atomic mass is 9.96. The van der Waals surface area contributed by atoms with Gasteiger partial charge in [-0.15, -0.1) is 0 Å². The van der Waals surface area contributed by atoms with Crippen molar-refractivity contribution < 1.29 is 33.6 Å². The number of H-pyrrole nitrogens is 1. The molecule has 12 nitrogen and oxygen atoms in total. The Morgan fingerprint density at radius 3 is 2.67 bits per heavy atom.